The zero-order valence-electron chi connectivity index (χ0n) is 14.0. The fraction of sp³-hybridized carbons (Fsp3) is 0.263. The molecule has 6 heteroatoms. The number of halogens is 1. The fourth-order valence-electron chi connectivity index (χ4n) is 2.08. The molecule has 0 bridgehead atoms. The summed E-state index contributed by atoms with van der Waals surface area (Å²) >= 11 is 5.81. The van der Waals surface area contributed by atoms with Gasteiger partial charge in [0.05, 0.1) is 0 Å². The molecule has 2 aromatic carbocycles. The number of hydrogen-bond donors (Lipinski definition) is 1. The van der Waals surface area contributed by atoms with E-state index in [1.165, 1.54) is 0 Å². The van der Waals surface area contributed by atoms with Gasteiger partial charge in [-0.05, 0) is 48.7 Å². The summed E-state index contributed by atoms with van der Waals surface area (Å²) in [6.07, 6.45) is 0.674. The normalized spacial score (nSPS) is 10.2. The number of aryl methyl sites for hydroxylation is 1. The SMILES string of the molecule is Cc1cccc(OCC(=O)OCC(=O)NCCc2ccc(Cl)cc2)c1. The molecule has 0 aliphatic heterocycles. The molecule has 5 nitrogen and oxygen atoms in total. The van der Waals surface area contributed by atoms with E-state index < -0.39 is 5.97 Å². The van der Waals surface area contributed by atoms with Crippen LogP contribution in [0.1, 0.15) is 11.1 Å². The molecule has 1 N–H and O–H groups in total. The van der Waals surface area contributed by atoms with E-state index in [1.807, 2.05) is 37.3 Å². The molecule has 0 fully saturated rings. The van der Waals surface area contributed by atoms with Gasteiger partial charge >= 0.3 is 5.97 Å². The molecule has 2 rings (SSSR count). The second-order valence-electron chi connectivity index (χ2n) is 5.49. The number of rotatable bonds is 8. The Balaban J connectivity index is 1.60. The molecule has 132 valence electrons. The maximum Gasteiger partial charge on any atom is 0.344 e. The zero-order chi connectivity index (χ0) is 18.1. The molecule has 0 aliphatic rings. The molecular formula is C19H20ClNO4. The van der Waals surface area contributed by atoms with Crippen LogP contribution in [0, 0.1) is 6.92 Å². The van der Waals surface area contributed by atoms with Crippen molar-refractivity contribution < 1.29 is 19.1 Å². The standard InChI is InChI=1S/C19H20ClNO4/c1-14-3-2-4-17(11-14)24-13-19(23)25-12-18(22)21-10-9-15-5-7-16(20)8-6-15/h2-8,11H,9-10,12-13H2,1H3,(H,21,22). The molecule has 0 radical (unpaired) electrons. The van der Waals surface area contributed by atoms with Crippen LogP contribution in [-0.2, 0) is 20.7 Å². The van der Waals surface area contributed by atoms with Crippen LogP contribution in [0.25, 0.3) is 0 Å². The van der Waals surface area contributed by atoms with E-state index >= 15 is 0 Å². The van der Waals surface area contributed by atoms with Gasteiger partial charge < -0.3 is 14.8 Å². The van der Waals surface area contributed by atoms with Crippen molar-refractivity contribution in [2.75, 3.05) is 19.8 Å². The topological polar surface area (TPSA) is 64.6 Å². The Morgan fingerprint density at radius 2 is 1.84 bits per heavy atom. The Hall–Kier alpha value is -2.53. The highest BCUT2D eigenvalue weighted by Gasteiger charge is 2.08. The van der Waals surface area contributed by atoms with Crippen molar-refractivity contribution >= 4 is 23.5 Å². The number of carbonyl (C=O) groups is 2. The Morgan fingerprint density at radius 1 is 1.08 bits per heavy atom. The molecule has 0 heterocycles. The summed E-state index contributed by atoms with van der Waals surface area (Å²) in [7, 11) is 0. The van der Waals surface area contributed by atoms with E-state index in [1.54, 1.807) is 18.2 Å². The second-order valence-corrected chi connectivity index (χ2v) is 5.93. The Bertz CT molecular complexity index is 716. The first-order chi connectivity index (χ1) is 12.0. The predicted octanol–water partition coefficient (Wildman–Crippen LogP) is 2.93. The third-order valence-corrected chi connectivity index (χ3v) is 3.61. The van der Waals surface area contributed by atoms with E-state index in [4.69, 9.17) is 21.1 Å². The molecule has 2 aromatic rings. The van der Waals surface area contributed by atoms with Crippen LogP contribution >= 0.6 is 11.6 Å². The summed E-state index contributed by atoms with van der Waals surface area (Å²) in [4.78, 5) is 23.3. The number of hydrogen-bond acceptors (Lipinski definition) is 4. The average molecular weight is 362 g/mol. The lowest BCUT2D eigenvalue weighted by Crippen LogP contribution is -2.31. The molecule has 0 saturated heterocycles. The number of carbonyl (C=O) groups excluding carboxylic acids is 2. The zero-order valence-corrected chi connectivity index (χ0v) is 14.7. The minimum Gasteiger partial charge on any atom is -0.482 e. The highest BCUT2D eigenvalue weighted by atomic mass is 35.5. The van der Waals surface area contributed by atoms with Gasteiger partial charge in [-0.2, -0.15) is 0 Å². The molecule has 1 amide bonds. The highest BCUT2D eigenvalue weighted by molar-refractivity contribution is 6.30. The van der Waals surface area contributed by atoms with Gasteiger partial charge in [-0.15, -0.1) is 0 Å². The molecule has 0 saturated carbocycles. The summed E-state index contributed by atoms with van der Waals surface area (Å²) in [5.41, 5.74) is 2.10. The second kappa shape index (κ2) is 9.69. The average Bonchev–Trinajstić information content (AvgIpc) is 2.60. The first-order valence-electron chi connectivity index (χ1n) is 7.89. The van der Waals surface area contributed by atoms with E-state index in [0.717, 1.165) is 11.1 Å². The largest absolute Gasteiger partial charge is 0.482 e. The molecule has 0 aromatic heterocycles. The van der Waals surface area contributed by atoms with Gasteiger partial charge in [-0.25, -0.2) is 4.79 Å². The van der Waals surface area contributed by atoms with Gasteiger partial charge in [-0.3, -0.25) is 4.79 Å². The van der Waals surface area contributed by atoms with Crippen molar-refractivity contribution in [3.63, 3.8) is 0 Å². The van der Waals surface area contributed by atoms with Gasteiger partial charge in [0.15, 0.2) is 13.2 Å². The number of esters is 1. The van der Waals surface area contributed by atoms with Crippen LogP contribution in [0.15, 0.2) is 48.5 Å². The maximum absolute atomic E-state index is 11.7. The maximum atomic E-state index is 11.7. The van der Waals surface area contributed by atoms with E-state index in [-0.39, 0.29) is 19.1 Å². The summed E-state index contributed by atoms with van der Waals surface area (Å²) in [5.74, 6) is -0.350. The van der Waals surface area contributed by atoms with Crippen molar-refractivity contribution in [1.82, 2.24) is 5.32 Å². The van der Waals surface area contributed by atoms with Crippen molar-refractivity contribution in [2.45, 2.75) is 13.3 Å². The molecule has 0 spiro atoms. The summed E-state index contributed by atoms with van der Waals surface area (Å²) in [5, 5.41) is 3.37. The first kappa shape index (κ1) is 18.8. The van der Waals surface area contributed by atoms with Crippen molar-refractivity contribution in [1.29, 1.82) is 0 Å². The number of amides is 1. The highest BCUT2D eigenvalue weighted by Crippen LogP contribution is 2.12. The quantitative estimate of drug-likeness (QED) is 0.734. The smallest absolute Gasteiger partial charge is 0.344 e. The van der Waals surface area contributed by atoms with Crippen molar-refractivity contribution in [2.24, 2.45) is 0 Å². The summed E-state index contributed by atoms with van der Waals surface area (Å²) in [6, 6.07) is 14.7. The molecular weight excluding hydrogens is 342 g/mol. The Labute approximate surface area is 151 Å². The lowest BCUT2D eigenvalue weighted by Gasteiger charge is -2.08. The minimum absolute atomic E-state index is 0.235. The first-order valence-corrected chi connectivity index (χ1v) is 8.27. The van der Waals surface area contributed by atoms with Crippen LogP contribution in [0.5, 0.6) is 5.75 Å². The fourth-order valence-corrected chi connectivity index (χ4v) is 2.21. The monoisotopic (exact) mass is 361 g/mol. The Morgan fingerprint density at radius 3 is 2.56 bits per heavy atom. The summed E-state index contributed by atoms with van der Waals surface area (Å²) < 4.78 is 10.2. The molecule has 25 heavy (non-hydrogen) atoms. The predicted molar refractivity (Wildman–Crippen MR) is 95.8 cm³/mol. The van der Waals surface area contributed by atoms with Crippen LogP contribution in [0.3, 0.4) is 0 Å². The van der Waals surface area contributed by atoms with Gasteiger partial charge in [0, 0.05) is 11.6 Å². The van der Waals surface area contributed by atoms with Crippen molar-refractivity contribution in [3.8, 4) is 5.75 Å². The number of ether oxygens (including phenoxy) is 2. The number of benzene rings is 2. The van der Waals surface area contributed by atoms with Crippen LogP contribution in [0.4, 0.5) is 0 Å². The van der Waals surface area contributed by atoms with Gasteiger partial charge in [-0.1, -0.05) is 35.9 Å². The van der Waals surface area contributed by atoms with E-state index in [9.17, 15) is 9.59 Å². The lowest BCUT2D eigenvalue weighted by molar-refractivity contribution is -0.150. The van der Waals surface area contributed by atoms with Crippen molar-refractivity contribution in [3.05, 3.63) is 64.7 Å². The van der Waals surface area contributed by atoms with Gasteiger partial charge in [0.1, 0.15) is 5.75 Å². The molecule has 0 unspecified atom stereocenters. The molecule has 0 atom stereocenters. The lowest BCUT2D eigenvalue weighted by atomic mass is 10.1. The van der Waals surface area contributed by atoms with Crippen LogP contribution < -0.4 is 10.1 Å². The molecule has 0 aliphatic carbocycles. The Kier molecular flexibility index (Phi) is 7.29. The minimum atomic E-state index is -0.589. The van der Waals surface area contributed by atoms with Crippen LogP contribution in [-0.4, -0.2) is 31.6 Å². The van der Waals surface area contributed by atoms with Crippen LogP contribution in [0.2, 0.25) is 5.02 Å². The van der Waals surface area contributed by atoms with Gasteiger partial charge in [0.2, 0.25) is 0 Å². The van der Waals surface area contributed by atoms with Gasteiger partial charge in [0.25, 0.3) is 5.91 Å². The third-order valence-electron chi connectivity index (χ3n) is 3.36. The number of nitrogens with one attached hydrogen (secondary N) is 1. The summed E-state index contributed by atoms with van der Waals surface area (Å²) in [6.45, 7) is 1.83. The van der Waals surface area contributed by atoms with E-state index in [0.29, 0.717) is 23.7 Å². The van der Waals surface area contributed by atoms with E-state index in [2.05, 4.69) is 5.32 Å². The third kappa shape index (κ3) is 7.27.